The van der Waals surface area contributed by atoms with E-state index >= 15 is 0 Å². The number of sulfonamides is 1. The molecule has 1 fully saturated rings. The fraction of sp³-hybridized carbons (Fsp3) is 0.333. The van der Waals surface area contributed by atoms with E-state index in [1.165, 1.54) is 12.1 Å². The Morgan fingerprint density at radius 3 is 2.29 bits per heavy atom. The van der Waals surface area contributed by atoms with Gasteiger partial charge in [-0.15, -0.1) is 11.3 Å². The molecule has 3 aromatic rings. The third kappa shape index (κ3) is 5.82. The van der Waals surface area contributed by atoms with Crippen LogP contribution in [0.3, 0.4) is 0 Å². The SMILES string of the molecule is COc1ccc(-c2ccc(S(=O)(=O)NC(C(=O)O)C3CCN(Cc4nccs4)CC3)cc2)cc1. The second-order valence-electron chi connectivity index (χ2n) is 8.23. The van der Waals surface area contributed by atoms with Crippen molar-refractivity contribution in [1.29, 1.82) is 0 Å². The highest BCUT2D eigenvalue weighted by molar-refractivity contribution is 7.89. The lowest BCUT2D eigenvalue weighted by Gasteiger charge is -2.34. The molecule has 180 valence electrons. The number of piperidine rings is 1. The normalized spacial score (nSPS) is 16.3. The molecule has 1 aliphatic rings. The number of rotatable bonds is 9. The molecule has 0 amide bonds. The van der Waals surface area contributed by atoms with Crippen molar-refractivity contribution >= 4 is 27.3 Å². The summed E-state index contributed by atoms with van der Waals surface area (Å²) >= 11 is 1.59. The van der Waals surface area contributed by atoms with Crippen LogP contribution in [0.1, 0.15) is 17.8 Å². The van der Waals surface area contributed by atoms with E-state index < -0.39 is 22.0 Å². The van der Waals surface area contributed by atoms with Crippen LogP contribution in [-0.4, -0.2) is 55.6 Å². The van der Waals surface area contributed by atoms with Crippen LogP contribution in [0.15, 0.2) is 65.0 Å². The van der Waals surface area contributed by atoms with Gasteiger partial charge in [0.2, 0.25) is 10.0 Å². The molecule has 0 bridgehead atoms. The lowest BCUT2D eigenvalue weighted by atomic mass is 9.90. The first-order chi connectivity index (χ1) is 16.4. The number of thiazole rings is 1. The Balaban J connectivity index is 1.41. The van der Waals surface area contributed by atoms with Gasteiger partial charge in [-0.25, -0.2) is 13.4 Å². The molecule has 1 atom stereocenters. The van der Waals surface area contributed by atoms with Crippen LogP contribution in [0.25, 0.3) is 11.1 Å². The van der Waals surface area contributed by atoms with Crippen molar-refractivity contribution in [2.45, 2.75) is 30.3 Å². The summed E-state index contributed by atoms with van der Waals surface area (Å²) in [5, 5.41) is 12.7. The van der Waals surface area contributed by atoms with Gasteiger partial charge in [0.25, 0.3) is 0 Å². The van der Waals surface area contributed by atoms with E-state index in [1.807, 2.05) is 29.6 Å². The van der Waals surface area contributed by atoms with Crippen LogP contribution >= 0.6 is 11.3 Å². The zero-order valence-electron chi connectivity index (χ0n) is 18.8. The molecular weight excluding hydrogens is 474 g/mol. The van der Waals surface area contributed by atoms with Gasteiger partial charge in [0.1, 0.15) is 16.8 Å². The highest BCUT2D eigenvalue weighted by atomic mass is 32.2. The van der Waals surface area contributed by atoms with Crippen LogP contribution < -0.4 is 9.46 Å². The van der Waals surface area contributed by atoms with Crippen molar-refractivity contribution in [2.24, 2.45) is 5.92 Å². The maximum atomic E-state index is 13.0. The van der Waals surface area contributed by atoms with Gasteiger partial charge in [-0.3, -0.25) is 9.69 Å². The molecule has 1 saturated heterocycles. The number of hydrogen-bond donors (Lipinski definition) is 2. The summed E-state index contributed by atoms with van der Waals surface area (Å²) < 4.78 is 33.6. The number of methoxy groups -OCH3 is 1. The lowest BCUT2D eigenvalue weighted by Crippen LogP contribution is -2.49. The minimum atomic E-state index is -3.99. The number of nitrogens with zero attached hydrogens (tertiary/aromatic N) is 2. The number of carboxylic acid groups (broad SMARTS) is 1. The molecule has 2 N–H and O–H groups in total. The largest absolute Gasteiger partial charge is 0.497 e. The predicted molar refractivity (Wildman–Crippen MR) is 130 cm³/mol. The standard InChI is InChI=1S/C24H27N3O5S2/c1-32-20-6-2-17(3-7-20)18-4-8-21(9-5-18)34(30,31)26-23(24(28)29)19-10-13-27(14-11-19)16-22-25-12-15-33-22/h2-9,12,15,19,23,26H,10-11,13-14,16H2,1H3,(H,28,29). The molecular formula is C24H27N3O5S2. The third-order valence-electron chi connectivity index (χ3n) is 6.08. The number of aliphatic carboxylic acids is 1. The molecule has 10 heteroatoms. The predicted octanol–water partition coefficient (Wildman–Crippen LogP) is 3.46. The Morgan fingerprint density at radius 2 is 1.76 bits per heavy atom. The van der Waals surface area contributed by atoms with E-state index in [9.17, 15) is 18.3 Å². The van der Waals surface area contributed by atoms with Crippen LogP contribution in [-0.2, 0) is 21.4 Å². The minimum absolute atomic E-state index is 0.0391. The average molecular weight is 502 g/mol. The van der Waals surface area contributed by atoms with Crippen molar-refractivity contribution in [3.8, 4) is 16.9 Å². The third-order valence-corrected chi connectivity index (χ3v) is 8.30. The van der Waals surface area contributed by atoms with E-state index in [2.05, 4.69) is 14.6 Å². The summed E-state index contributed by atoms with van der Waals surface area (Å²) in [6.07, 6.45) is 2.97. The lowest BCUT2D eigenvalue weighted by molar-refractivity contribution is -0.140. The molecule has 4 rings (SSSR count). The molecule has 0 aliphatic carbocycles. The Kier molecular flexibility index (Phi) is 7.62. The molecule has 34 heavy (non-hydrogen) atoms. The maximum absolute atomic E-state index is 13.0. The number of hydrogen-bond acceptors (Lipinski definition) is 7. The van der Waals surface area contributed by atoms with Gasteiger partial charge in [0, 0.05) is 11.6 Å². The highest BCUT2D eigenvalue weighted by Crippen LogP contribution is 2.26. The van der Waals surface area contributed by atoms with Crippen LogP contribution in [0.4, 0.5) is 0 Å². The minimum Gasteiger partial charge on any atom is -0.497 e. The number of carboxylic acids is 1. The first-order valence-corrected chi connectivity index (χ1v) is 13.3. The molecule has 1 unspecified atom stereocenters. The Hall–Kier alpha value is -2.79. The fourth-order valence-corrected chi connectivity index (χ4v) is 6.08. The maximum Gasteiger partial charge on any atom is 0.322 e. The van der Waals surface area contributed by atoms with E-state index in [0.29, 0.717) is 25.9 Å². The van der Waals surface area contributed by atoms with Crippen LogP contribution in [0, 0.1) is 5.92 Å². The number of ether oxygens (including phenoxy) is 1. The number of likely N-dealkylation sites (tertiary alicyclic amines) is 1. The molecule has 2 aromatic carbocycles. The first kappa shape index (κ1) is 24.3. The van der Waals surface area contributed by atoms with Gasteiger partial charge in [0.05, 0.1) is 18.6 Å². The molecule has 2 heterocycles. The Bertz CT molecular complexity index is 1190. The molecule has 8 nitrogen and oxygen atoms in total. The quantitative estimate of drug-likeness (QED) is 0.462. The number of benzene rings is 2. The van der Waals surface area contributed by atoms with Gasteiger partial charge in [0.15, 0.2) is 0 Å². The summed E-state index contributed by atoms with van der Waals surface area (Å²) in [5.41, 5.74) is 1.77. The fourth-order valence-electron chi connectivity index (χ4n) is 4.16. The smallest absolute Gasteiger partial charge is 0.322 e. The van der Waals surface area contributed by atoms with Crippen molar-refractivity contribution in [1.82, 2.24) is 14.6 Å². The molecule has 0 radical (unpaired) electrons. The molecule has 0 spiro atoms. The number of aromatic nitrogens is 1. The Morgan fingerprint density at radius 1 is 1.15 bits per heavy atom. The molecule has 1 aliphatic heterocycles. The second kappa shape index (κ2) is 10.6. The van der Waals surface area contributed by atoms with Crippen molar-refractivity contribution < 1.29 is 23.1 Å². The number of nitrogens with one attached hydrogen (secondary N) is 1. The summed E-state index contributed by atoms with van der Waals surface area (Å²) in [6, 6.07) is 12.7. The highest BCUT2D eigenvalue weighted by Gasteiger charge is 2.35. The van der Waals surface area contributed by atoms with Gasteiger partial charge in [-0.05, 0) is 67.2 Å². The number of carbonyl (C=O) groups is 1. The van der Waals surface area contributed by atoms with Crippen molar-refractivity contribution in [3.05, 3.63) is 65.1 Å². The zero-order valence-corrected chi connectivity index (χ0v) is 20.4. The first-order valence-electron chi connectivity index (χ1n) is 11.0. The van der Waals surface area contributed by atoms with Crippen LogP contribution in [0.2, 0.25) is 0 Å². The van der Waals surface area contributed by atoms with E-state index in [-0.39, 0.29) is 10.8 Å². The van der Waals surface area contributed by atoms with Gasteiger partial charge >= 0.3 is 5.97 Å². The van der Waals surface area contributed by atoms with Crippen molar-refractivity contribution in [3.63, 3.8) is 0 Å². The monoisotopic (exact) mass is 501 g/mol. The summed E-state index contributed by atoms with van der Waals surface area (Å²) in [7, 11) is -2.40. The topological polar surface area (TPSA) is 109 Å². The van der Waals surface area contributed by atoms with Gasteiger partial charge in [-0.2, -0.15) is 4.72 Å². The van der Waals surface area contributed by atoms with E-state index in [1.54, 1.807) is 36.8 Å². The van der Waals surface area contributed by atoms with Gasteiger partial charge in [-0.1, -0.05) is 24.3 Å². The zero-order chi connectivity index (χ0) is 24.1. The molecule has 0 saturated carbocycles. The summed E-state index contributed by atoms with van der Waals surface area (Å²) in [4.78, 5) is 18.5. The Labute approximate surface area is 203 Å². The van der Waals surface area contributed by atoms with Crippen molar-refractivity contribution in [2.75, 3.05) is 20.2 Å². The second-order valence-corrected chi connectivity index (χ2v) is 10.9. The average Bonchev–Trinajstić information content (AvgIpc) is 3.36. The van der Waals surface area contributed by atoms with Gasteiger partial charge < -0.3 is 9.84 Å². The van der Waals surface area contributed by atoms with E-state index in [4.69, 9.17) is 4.74 Å². The van der Waals surface area contributed by atoms with Crippen LogP contribution in [0.5, 0.6) is 5.75 Å². The summed E-state index contributed by atoms with van der Waals surface area (Å²) in [6.45, 7) is 2.13. The molecule has 1 aromatic heterocycles. The van der Waals surface area contributed by atoms with E-state index in [0.717, 1.165) is 28.4 Å². The summed E-state index contributed by atoms with van der Waals surface area (Å²) in [5.74, 6) is -0.698.